The minimum Gasteiger partial charge on any atom is -0.497 e. The van der Waals surface area contributed by atoms with Gasteiger partial charge in [0, 0.05) is 17.3 Å². The fourth-order valence-electron chi connectivity index (χ4n) is 2.58. The van der Waals surface area contributed by atoms with Gasteiger partial charge in [-0.05, 0) is 37.6 Å². The average molecular weight is 399 g/mol. The van der Waals surface area contributed by atoms with Gasteiger partial charge in [-0.15, -0.1) is 10.2 Å². The summed E-state index contributed by atoms with van der Waals surface area (Å²) in [6.45, 7) is 3.97. The molecule has 0 saturated carbocycles. The maximum atomic E-state index is 12.2. The number of aryl methyl sites for hydroxylation is 2. The molecule has 0 atom stereocenters. The second-order valence-corrected chi connectivity index (χ2v) is 7.06. The second kappa shape index (κ2) is 8.79. The molecule has 0 aliphatic rings. The highest BCUT2D eigenvalue weighted by atomic mass is 32.2. The van der Waals surface area contributed by atoms with Crippen molar-refractivity contribution in [1.82, 2.24) is 10.2 Å². The van der Waals surface area contributed by atoms with Gasteiger partial charge in [0.05, 0.1) is 20.0 Å². The highest BCUT2D eigenvalue weighted by Gasteiger charge is 2.14. The number of methoxy groups -OCH3 is 2. The molecule has 1 heterocycles. The number of carbonyl (C=O) groups is 1. The maximum Gasteiger partial charge on any atom is 0.277 e. The number of rotatable bonds is 7. The van der Waals surface area contributed by atoms with Crippen molar-refractivity contribution in [2.75, 3.05) is 25.3 Å². The van der Waals surface area contributed by atoms with Crippen LogP contribution in [0.5, 0.6) is 11.5 Å². The Bertz CT molecular complexity index is 965. The van der Waals surface area contributed by atoms with E-state index in [2.05, 4.69) is 15.5 Å². The van der Waals surface area contributed by atoms with E-state index in [1.807, 2.05) is 32.0 Å². The average Bonchev–Trinajstić information content (AvgIpc) is 3.17. The molecular weight excluding hydrogens is 378 g/mol. The predicted octanol–water partition coefficient (Wildman–Crippen LogP) is 4.10. The Morgan fingerprint density at radius 2 is 1.79 bits per heavy atom. The summed E-state index contributed by atoms with van der Waals surface area (Å²) in [6, 6.07) is 11.2. The van der Waals surface area contributed by atoms with Crippen molar-refractivity contribution in [3.05, 3.63) is 47.5 Å². The molecule has 0 radical (unpaired) electrons. The van der Waals surface area contributed by atoms with Crippen LogP contribution < -0.4 is 14.8 Å². The molecule has 0 spiro atoms. The van der Waals surface area contributed by atoms with E-state index in [1.54, 1.807) is 32.4 Å². The highest BCUT2D eigenvalue weighted by molar-refractivity contribution is 7.99. The molecule has 146 valence electrons. The second-order valence-electron chi connectivity index (χ2n) is 6.13. The van der Waals surface area contributed by atoms with Crippen molar-refractivity contribution in [2.45, 2.75) is 19.1 Å². The lowest BCUT2D eigenvalue weighted by atomic mass is 10.1. The zero-order chi connectivity index (χ0) is 20.1. The van der Waals surface area contributed by atoms with Crippen LogP contribution in [0.15, 0.2) is 46.0 Å². The summed E-state index contributed by atoms with van der Waals surface area (Å²) in [4.78, 5) is 12.2. The van der Waals surface area contributed by atoms with Gasteiger partial charge in [0.1, 0.15) is 11.5 Å². The molecule has 1 aromatic heterocycles. The van der Waals surface area contributed by atoms with E-state index in [0.717, 1.165) is 16.8 Å². The first-order chi connectivity index (χ1) is 13.5. The molecule has 1 N–H and O–H groups in total. The number of hydrogen-bond acceptors (Lipinski definition) is 7. The van der Waals surface area contributed by atoms with Crippen molar-refractivity contribution >= 4 is 23.4 Å². The summed E-state index contributed by atoms with van der Waals surface area (Å²) in [5.74, 6) is 1.59. The van der Waals surface area contributed by atoms with Crippen molar-refractivity contribution in [3.8, 4) is 23.0 Å². The maximum absolute atomic E-state index is 12.2. The molecule has 1 amide bonds. The molecule has 2 aromatic carbocycles. The molecular formula is C20H21N3O4S. The van der Waals surface area contributed by atoms with Gasteiger partial charge in [-0.25, -0.2) is 0 Å². The van der Waals surface area contributed by atoms with E-state index in [9.17, 15) is 4.79 Å². The van der Waals surface area contributed by atoms with Crippen LogP contribution in [0.4, 0.5) is 5.69 Å². The van der Waals surface area contributed by atoms with Crippen LogP contribution in [0.3, 0.4) is 0 Å². The van der Waals surface area contributed by atoms with Crippen LogP contribution in [0.25, 0.3) is 11.5 Å². The predicted molar refractivity (Wildman–Crippen MR) is 108 cm³/mol. The zero-order valence-electron chi connectivity index (χ0n) is 16.1. The van der Waals surface area contributed by atoms with Crippen LogP contribution >= 0.6 is 11.8 Å². The highest BCUT2D eigenvalue weighted by Crippen LogP contribution is 2.30. The molecule has 0 bridgehead atoms. The normalized spacial score (nSPS) is 10.6. The molecule has 0 aliphatic heterocycles. The van der Waals surface area contributed by atoms with Crippen LogP contribution in [-0.4, -0.2) is 36.1 Å². The van der Waals surface area contributed by atoms with Crippen molar-refractivity contribution in [2.24, 2.45) is 0 Å². The number of nitrogens with one attached hydrogen (secondary N) is 1. The number of ether oxygens (including phenoxy) is 2. The Morgan fingerprint density at radius 3 is 2.43 bits per heavy atom. The summed E-state index contributed by atoms with van der Waals surface area (Å²) in [5.41, 5.74) is 3.64. The van der Waals surface area contributed by atoms with Crippen molar-refractivity contribution in [3.63, 3.8) is 0 Å². The molecule has 0 saturated heterocycles. The summed E-state index contributed by atoms with van der Waals surface area (Å²) >= 11 is 1.18. The van der Waals surface area contributed by atoms with Gasteiger partial charge in [0.25, 0.3) is 5.22 Å². The lowest BCUT2D eigenvalue weighted by Gasteiger charge is -2.08. The number of thioether (sulfide) groups is 1. The summed E-state index contributed by atoms with van der Waals surface area (Å²) in [7, 11) is 3.14. The SMILES string of the molecule is COc1cc(OC)cc(-c2nnc(SCC(=O)Nc3ccc(C)cc3C)o2)c1. The minimum atomic E-state index is -0.139. The van der Waals surface area contributed by atoms with Crippen LogP contribution in [0.2, 0.25) is 0 Å². The number of amides is 1. The number of carbonyl (C=O) groups excluding carboxylic acids is 1. The third-order valence-electron chi connectivity index (χ3n) is 3.99. The van der Waals surface area contributed by atoms with E-state index in [4.69, 9.17) is 13.9 Å². The topological polar surface area (TPSA) is 86.5 Å². The molecule has 0 unspecified atom stereocenters. The third kappa shape index (κ3) is 4.83. The fourth-order valence-corrected chi connectivity index (χ4v) is 3.15. The zero-order valence-corrected chi connectivity index (χ0v) is 16.9. The number of nitrogens with zero attached hydrogens (tertiary/aromatic N) is 2. The molecule has 0 fully saturated rings. The Kier molecular flexibility index (Phi) is 6.20. The van der Waals surface area contributed by atoms with Gasteiger partial charge in [0.2, 0.25) is 11.8 Å². The molecule has 3 aromatic rings. The smallest absolute Gasteiger partial charge is 0.277 e. The Balaban J connectivity index is 1.64. The lowest BCUT2D eigenvalue weighted by Crippen LogP contribution is -2.14. The first-order valence-electron chi connectivity index (χ1n) is 8.55. The van der Waals surface area contributed by atoms with Gasteiger partial charge in [-0.1, -0.05) is 29.5 Å². The molecule has 3 rings (SSSR count). The monoisotopic (exact) mass is 399 g/mol. The van der Waals surface area contributed by atoms with E-state index in [-0.39, 0.29) is 11.7 Å². The Hall–Kier alpha value is -3.00. The first-order valence-corrected chi connectivity index (χ1v) is 9.54. The van der Waals surface area contributed by atoms with Crippen molar-refractivity contribution < 1.29 is 18.7 Å². The van der Waals surface area contributed by atoms with Crippen LogP contribution in [0.1, 0.15) is 11.1 Å². The van der Waals surface area contributed by atoms with Gasteiger partial charge in [-0.3, -0.25) is 4.79 Å². The lowest BCUT2D eigenvalue weighted by molar-refractivity contribution is -0.113. The molecule has 0 aliphatic carbocycles. The quantitative estimate of drug-likeness (QED) is 0.599. The van der Waals surface area contributed by atoms with Crippen LogP contribution in [-0.2, 0) is 4.79 Å². The fraction of sp³-hybridized carbons (Fsp3) is 0.250. The van der Waals surface area contributed by atoms with E-state index >= 15 is 0 Å². The van der Waals surface area contributed by atoms with Gasteiger partial charge in [-0.2, -0.15) is 0 Å². The number of hydrogen-bond donors (Lipinski definition) is 1. The van der Waals surface area contributed by atoms with Gasteiger partial charge >= 0.3 is 0 Å². The van der Waals surface area contributed by atoms with Gasteiger partial charge < -0.3 is 19.2 Å². The molecule has 28 heavy (non-hydrogen) atoms. The van der Waals surface area contributed by atoms with Gasteiger partial charge in [0.15, 0.2) is 0 Å². The van der Waals surface area contributed by atoms with E-state index in [1.165, 1.54) is 11.8 Å². The third-order valence-corrected chi connectivity index (χ3v) is 4.81. The van der Waals surface area contributed by atoms with Crippen molar-refractivity contribution in [1.29, 1.82) is 0 Å². The van der Waals surface area contributed by atoms with E-state index in [0.29, 0.717) is 28.2 Å². The Morgan fingerprint density at radius 1 is 1.07 bits per heavy atom. The first kappa shape index (κ1) is 19.8. The molecule has 8 heteroatoms. The largest absolute Gasteiger partial charge is 0.497 e. The number of benzene rings is 2. The minimum absolute atomic E-state index is 0.139. The van der Waals surface area contributed by atoms with Crippen LogP contribution in [0, 0.1) is 13.8 Å². The summed E-state index contributed by atoms with van der Waals surface area (Å²) in [5, 5.41) is 11.2. The Labute approximate surface area is 167 Å². The number of aromatic nitrogens is 2. The van der Waals surface area contributed by atoms with E-state index < -0.39 is 0 Å². The number of anilines is 1. The summed E-state index contributed by atoms with van der Waals surface area (Å²) < 4.78 is 16.2. The summed E-state index contributed by atoms with van der Waals surface area (Å²) in [6.07, 6.45) is 0. The molecule has 7 nitrogen and oxygen atoms in total. The standard InChI is InChI=1S/C20H21N3O4S/c1-12-5-6-17(13(2)7-12)21-18(24)11-28-20-23-22-19(27-20)14-8-15(25-3)10-16(9-14)26-4/h5-10H,11H2,1-4H3,(H,21,24).